The number of thiocarbonyl (C=S) groups is 1. The summed E-state index contributed by atoms with van der Waals surface area (Å²) in [6, 6.07) is 16.6. The first-order chi connectivity index (χ1) is 12.7. The fourth-order valence-electron chi connectivity index (χ4n) is 2.71. The van der Waals surface area contributed by atoms with Gasteiger partial charge in [-0.3, -0.25) is 10.1 Å². The molecule has 1 aliphatic rings. The van der Waals surface area contributed by atoms with Crippen molar-refractivity contribution < 1.29 is 14.3 Å². The van der Waals surface area contributed by atoms with Crippen molar-refractivity contribution in [2.24, 2.45) is 0 Å². The van der Waals surface area contributed by atoms with E-state index in [1.807, 2.05) is 35.2 Å². The Balaban J connectivity index is 1.42. The Bertz CT molecular complexity index is 728. The molecule has 6 heteroatoms. The lowest BCUT2D eigenvalue weighted by molar-refractivity contribution is 0.0974. The number of carbonyl (C=O) groups is 1. The molecule has 2 aromatic carbocycles. The molecule has 5 nitrogen and oxygen atoms in total. The van der Waals surface area contributed by atoms with Crippen molar-refractivity contribution in [1.29, 1.82) is 0 Å². The smallest absolute Gasteiger partial charge is 0.257 e. The molecule has 2 aromatic rings. The van der Waals surface area contributed by atoms with Crippen molar-refractivity contribution in [3.63, 3.8) is 0 Å². The molecule has 0 spiro atoms. The van der Waals surface area contributed by atoms with E-state index in [9.17, 15) is 4.79 Å². The third kappa shape index (κ3) is 5.20. The summed E-state index contributed by atoms with van der Waals surface area (Å²) in [7, 11) is 0. The minimum absolute atomic E-state index is 0.194. The summed E-state index contributed by atoms with van der Waals surface area (Å²) in [6.07, 6.45) is 2.24. The normalized spacial score (nSPS) is 13.3. The number of nitrogens with zero attached hydrogens (tertiary/aromatic N) is 1. The van der Waals surface area contributed by atoms with E-state index >= 15 is 0 Å². The average molecular weight is 370 g/mol. The molecule has 1 saturated heterocycles. The van der Waals surface area contributed by atoms with Crippen LogP contribution in [0.4, 0.5) is 0 Å². The predicted molar refractivity (Wildman–Crippen MR) is 105 cm³/mol. The van der Waals surface area contributed by atoms with Gasteiger partial charge in [-0.1, -0.05) is 18.2 Å². The van der Waals surface area contributed by atoms with Crippen molar-refractivity contribution >= 4 is 23.2 Å². The van der Waals surface area contributed by atoms with Gasteiger partial charge in [-0.15, -0.1) is 0 Å². The quantitative estimate of drug-likeness (QED) is 0.625. The van der Waals surface area contributed by atoms with E-state index in [1.165, 1.54) is 0 Å². The van der Waals surface area contributed by atoms with Gasteiger partial charge in [-0.25, -0.2) is 0 Å². The molecule has 1 amide bonds. The number of para-hydroxylation sites is 1. The van der Waals surface area contributed by atoms with Crippen LogP contribution < -0.4 is 14.8 Å². The van der Waals surface area contributed by atoms with Gasteiger partial charge in [0.2, 0.25) is 0 Å². The summed E-state index contributed by atoms with van der Waals surface area (Å²) >= 11 is 5.28. The summed E-state index contributed by atoms with van der Waals surface area (Å²) in [5.41, 5.74) is 0.555. The number of ether oxygens (including phenoxy) is 2. The topological polar surface area (TPSA) is 50.8 Å². The van der Waals surface area contributed by atoms with Crippen LogP contribution >= 0.6 is 12.2 Å². The maximum absolute atomic E-state index is 12.3. The van der Waals surface area contributed by atoms with Gasteiger partial charge in [0.05, 0.1) is 0 Å². The summed E-state index contributed by atoms with van der Waals surface area (Å²) < 4.78 is 11.2. The Morgan fingerprint density at radius 1 is 0.923 bits per heavy atom. The zero-order valence-electron chi connectivity index (χ0n) is 14.5. The van der Waals surface area contributed by atoms with Crippen molar-refractivity contribution in [3.05, 3.63) is 60.2 Å². The van der Waals surface area contributed by atoms with Crippen LogP contribution in [0.3, 0.4) is 0 Å². The molecule has 0 aromatic heterocycles. The molecule has 26 heavy (non-hydrogen) atoms. The van der Waals surface area contributed by atoms with E-state index in [0.29, 0.717) is 29.6 Å². The van der Waals surface area contributed by atoms with Crippen LogP contribution in [-0.4, -0.2) is 42.2 Å². The van der Waals surface area contributed by atoms with Crippen molar-refractivity contribution in [1.82, 2.24) is 10.2 Å². The lowest BCUT2D eigenvalue weighted by Crippen LogP contribution is -2.41. The molecular formula is C20H22N2O3S. The van der Waals surface area contributed by atoms with E-state index < -0.39 is 0 Å². The Morgan fingerprint density at radius 2 is 1.50 bits per heavy atom. The predicted octanol–water partition coefficient (Wildman–Crippen LogP) is 3.25. The number of hydrogen-bond acceptors (Lipinski definition) is 4. The Labute approximate surface area is 158 Å². The number of nitrogens with one attached hydrogen (secondary N) is 1. The molecule has 1 fully saturated rings. The third-order valence-electron chi connectivity index (χ3n) is 4.09. The van der Waals surface area contributed by atoms with Gasteiger partial charge in [0.25, 0.3) is 5.91 Å². The lowest BCUT2D eigenvalue weighted by Gasteiger charge is -2.18. The molecule has 1 N–H and O–H groups in total. The molecule has 1 heterocycles. The molecule has 1 aliphatic heterocycles. The number of benzene rings is 2. The summed E-state index contributed by atoms with van der Waals surface area (Å²) in [6.45, 7) is 2.71. The van der Waals surface area contributed by atoms with Crippen LogP contribution in [-0.2, 0) is 0 Å². The molecule has 0 bridgehead atoms. The maximum Gasteiger partial charge on any atom is 0.257 e. The number of rotatable bonds is 6. The van der Waals surface area contributed by atoms with Crippen LogP contribution in [0.2, 0.25) is 0 Å². The van der Waals surface area contributed by atoms with E-state index in [0.717, 1.165) is 31.7 Å². The number of likely N-dealkylation sites (tertiary alicyclic amines) is 1. The molecular weight excluding hydrogens is 348 g/mol. The van der Waals surface area contributed by atoms with Crippen molar-refractivity contribution in [3.8, 4) is 11.5 Å². The Morgan fingerprint density at radius 3 is 2.12 bits per heavy atom. The van der Waals surface area contributed by atoms with Gasteiger partial charge < -0.3 is 14.4 Å². The van der Waals surface area contributed by atoms with Gasteiger partial charge in [-0.05, 0) is 61.5 Å². The molecule has 0 atom stereocenters. The zero-order chi connectivity index (χ0) is 18.2. The van der Waals surface area contributed by atoms with Crippen LogP contribution in [0.25, 0.3) is 0 Å². The monoisotopic (exact) mass is 370 g/mol. The molecule has 0 saturated carbocycles. The van der Waals surface area contributed by atoms with E-state index in [-0.39, 0.29) is 5.91 Å². The van der Waals surface area contributed by atoms with E-state index in [1.54, 1.807) is 24.3 Å². The highest BCUT2D eigenvalue weighted by Crippen LogP contribution is 2.13. The van der Waals surface area contributed by atoms with Crippen LogP contribution in [0.1, 0.15) is 23.2 Å². The summed E-state index contributed by atoms with van der Waals surface area (Å²) in [5, 5.41) is 3.29. The second kappa shape index (κ2) is 9.20. The number of carbonyl (C=O) groups excluding carboxylic acids is 1. The van der Waals surface area contributed by atoms with Gasteiger partial charge in [0.1, 0.15) is 24.7 Å². The molecule has 0 aliphatic carbocycles. The first-order valence-corrected chi connectivity index (χ1v) is 9.14. The van der Waals surface area contributed by atoms with Gasteiger partial charge >= 0.3 is 0 Å². The molecule has 136 valence electrons. The second-order valence-corrected chi connectivity index (χ2v) is 6.37. The van der Waals surface area contributed by atoms with E-state index in [4.69, 9.17) is 21.7 Å². The van der Waals surface area contributed by atoms with Crippen LogP contribution in [0.5, 0.6) is 11.5 Å². The molecule has 3 rings (SSSR count). The maximum atomic E-state index is 12.3. The molecule has 0 unspecified atom stereocenters. The SMILES string of the molecule is O=C(NC(=S)N1CCCC1)c1ccc(OCCOc2ccccc2)cc1. The van der Waals surface area contributed by atoms with Crippen LogP contribution in [0.15, 0.2) is 54.6 Å². The zero-order valence-corrected chi connectivity index (χ0v) is 15.3. The summed E-state index contributed by atoms with van der Waals surface area (Å²) in [4.78, 5) is 14.3. The number of amides is 1. The minimum atomic E-state index is -0.194. The largest absolute Gasteiger partial charge is 0.490 e. The lowest BCUT2D eigenvalue weighted by atomic mass is 10.2. The standard InChI is InChI=1S/C20H22N2O3S/c23-19(21-20(26)22-12-4-5-13-22)16-8-10-18(11-9-16)25-15-14-24-17-6-2-1-3-7-17/h1-3,6-11H,4-5,12-15H2,(H,21,23,26). The fraction of sp³-hybridized carbons (Fsp3) is 0.300. The van der Waals surface area contributed by atoms with Gasteiger partial charge in [0, 0.05) is 18.7 Å². The first kappa shape index (κ1) is 18.2. The molecule has 0 radical (unpaired) electrons. The third-order valence-corrected chi connectivity index (χ3v) is 4.45. The highest BCUT2D eigenvalue weighted by Gasteiger charge is 2.17. The van der Waals surface area contributed by atoms with Gasteiger partial charge in [0.15, 0.2) is 5.11 Å². The minimum Gasteiger partial charge on any atom is -0.490 e. The highest BCUT2D eigenvalue weighted by molar-refractivity contribution is 7.80. The second-order valence-electron chi connectivity index (χ2n) is 5.99. The fourth-order valence-corrected chi connectivity index (χ4v) is 2.98. The van der Waals surface area contributed by atoms with Crippen molar-refractivity contribution in [2.75, 3.05) is 26.3 Å². The first-order valence-electron chi connectivity index (χ1n) is 8.73. The Hall–Kier alpha value is -2.60. The van der Waals surface area contributed by atoms with Crippen LogP contribution in [0, 0.1) is 0 Å². The highest BCUT2D eigenvalue weighted by atomic mass is 32.1. The van der Waals surface area contributed by atoms with Gasteiger partial charge in [-0.2, -0.15) is 0 Å². The Kier molecular flexibility index (Phi) is 6.44. The number of hydrogen-bond donors (Lipinski definition) is 1. The average Bonchev–Trinajstić information content (AvgIpc) is 3.21. The summed E-state index contributed by atoms with van der Waals surface area (Å²) in [5.74, 6) is 1.32. The van der Waals surface area contributed by atoms with E-state index in [2.05, 4.69) is 5.32 Å². The van der Waals surface area contributed by atoms with Crippen molar-refractivity contribution in [2.45, 2.75) is 12.8 Å².